The second-order valence-electron chi connectivity index (χ2n) is 12.2. The number of aliphatic hydroxyl groups excluding tert-OH is 2. The molecular weight excluding hydrogens is 488 g/mol. The first-order chi connectivity index (χ1) is 17.8. The number of aryl methyl sites for hydroxylation is 1. The number of ketones is 1. The number of rotatable bonds is 5. The van der Waals surface area contributed by atoms with Gasteiger partial charge in [0.2, 0.25) is 0 Å². The Morgan fingerprint density at radius 2 is 1.84 bits per heavy atom. The summed E-state index contributed by atoms with van der Waals surface area (Å²) in [6.45, 7) is 9.11. The molecule has 38 heavy (non-hydrogen) atoms. The highest BCUT2D eigenvalue weighted by Gasteiger charge is 2.76. The van der Waals surface area contributed by atoms with Gasteiger partial charge in [-0.3, -0.25) is 4.79 Å². The molecule has 1 spiro atoms. The fourth-order valence-corrected chi connectivity index (χ4v) is 8.02. The normalized spacial score (nSPS) is 38.6. The van der Waals surface area contributed by atoms with Gasteiger partial charge in [0, 0.05) is 12.0 Å². The predicted molar refractivity (Wildman–Crippen MR) is 139 cm³/mol. The predicted octanol–water partition coefficient (Wildman–Crippen LogP) is 3.01. The van der Waals surface area contributed by atoms with Crippen molar-refractivity contribution in [1.82, 2.24) is 0 Å². The van der Waals surface area contributed by atoms with Gasteiger partial charge in [0.1, 0.15) is 23.2 Å². The van der Waals surface area contributed by atoms with Crippen LogP contribution in [0.3, 0.4) is 0 Å². The molecule has 5 unspecified atom stereocenters. The van der Waals surface area contributed by atoms with Crippen molar-refractivity contribution in [2.24, 2.45) is 34.5 Å². The molecule has 8 heteroatoms. The molecule has 1 aromatic carbocycles. The lowest BCUT2D eigenvalue weighted by molar-refractivity contribution is -0.190. The number of ether oxygens (including phenoxy) is 3. The molecule has 2 fully saturated rings. The Balaban J connectivity index is 1.62. The Morgan fingerprint density at radius 3 is 2.45 bits per heavy atom. The van der Waals surface area contributed by atoms with E-state index in [2.05, 4.69) is 13.8 Å². The van der Waals surface area contributed by atoms with Crippen LogP contribution in [0.25, 0.3) is 0 Å². The van der Waals surface area contributed by atoms with E-state index >= 15 is 0 Å². The van der Waals surface area contributed by atoms with Gasteiger partial charge in [-0.05, 0) is 66.2 Å². The van der Waals surface area contributed by atoms with E-state index in [0.717, 1.165) is 0 Å². The summed E-state index contributed by atoms with van der Waals surface area (Å²) < 4.78 is 16.7. The van der Waals surface area contributed by atoms with Crippen molar-refractivity contribution < 1.29 is 39.1 Å². The summed E-state index contributed by atoms with van der Waals surface area (Å²) in [7, 11) is 2.94. The van der Waals surface area contributed by atoms with Crippen LogP contribution in [0.4, 0.5) is 0 Å². The maximum atomic E-state index is 14.5. The Labute approximate surface area is 223 Å². The van der Waals surface area contributed by atoms with E-state index < -0.39 is 41.7 Å². The van der Waals surface area contributed by atoms with Crippen LogP contribution in [-0.2, 0) is 9.53 Å². The number of fused-ring (bicyclic) bond motifs is 3. The molecule has 4 aliphatic rings. The number of carbonyl (C=O) groups is 2. The van der Waals surface area contributed by atoms with Crippen molar-refractivity contribution in [2.45, 2.75) is 58.8 Å². The minimum atomic E-state index is -2.19. The lowest BCUT2D eigenvalue weighted by Gasteiger charge is -2.48. The van der Waals surface area contributed by atoms with Gasteiger partial charge >= 0.3 is 5.97 Å². The number of esters is 1. The van der Waals surface area contributed by atoms with Crippen molar-refractivity contribution in [3.63, 3.8) is 0 Å². The third kappa shape index (κ3) is 3.26. The second-order valence-corrected chi connectivity index (χ2v) is 12.2. The Bertz CT molecular complexity index is 1260. The second kappa shape index (κ2) is 8.66. The monoisotopic (exact) mass is 526 g/mol. The van der Waals surface area contributed by atoms with Gasteiger partial charge < -0.3 is 29.5 Å². The van der Waals surface area contributed by atoms with Crippen molar-refractivity contribution >= 4 is 11.8 Å². The molecule has 8 nitrogen and oxygen atoms in total. The first kappa shape index (κ1) is 26.9. The van der Waals surface area contributed by atoms with E-state index in [0.29, 0.717) is 23.3 Å². The van der Waals surface area contributed by atoms with E-state index in [1.165, 1.54) is 14.2 Å². The summed E-state index contributed by atoms with van der Waals surface area (Å²) in [6.07, 6.45) is 1.13. The lowest BCUT2D eigenvalue weighted by Crippen LogP contribution is -2.65. The van der Waals surface area contributed by atoms with Gasteiger partial charge in [0.25, 0.3) is 0 Å². The van der Waals surface area contributed by atoms with Crippen LogP contribution in [0.1, 0.15) is 50.0 Å². The number of hydrogen-bond acceptors (Lipinski definition) is 8. The highest BCUT2D eigenvalue weighted by atomic mass is 16.6. The molecule has 0 amide bonds. The summed E-state index contributed by atoms with van der Waals surface area (Å²) in [5.74, 6) is -0.781. The molecule has 0 aliphatic heterocycles. The highest BCUT2D eigenvalue weighted by Crippen LogP contribution is 2.71. The van der Waals surface area contributed by atoms with Crippen LogP contribution < -0.4 is 9.47 Å². The van der Waals surface area contributed by atoms with Gasteiger partial charge in [-0.15, -0.1) is 0 Å². The smallest absolute Gasteiger partial charge is 0.342 e. The minimum absolute atomic E-state index is 0.0504. The molecular formula is C30H38O8. The molecule has 1 aromatic rings. The number of benzene rings is 1. The van der Waals surface area contributed by atoms with E-state index in [9.17, 15) is 24.9 Å². The maximum Gasteiger partial charge on any atom is 0.342 e. The summed E-state index contributed by atoms with van der Waals surface area (Å²) >= 11 is 0. The third-order valence-corrected chi connectivity index (χ3v) is 10.1. The van der Waals surface area contributed by atoms with Crippen LogP contribution in [0, 0.1) is 41.4 Å². The SMILES string of the molecule is COc1cc(C)c(C(=O)OC2C(C)=CC34C(=O)C(C=C(CO)C(O)C23O)[C@H]2[C@@H](C[C@H]4C)C2(C)C)c(OC)c1. The van der Waals surface area contributed by atoms with Gasteiger partial charge in [-0.25, -0.2) is 4.79 Å². The van der Waals surface area contributed by atoms with E-state index in [4.69, 9.17) is 14.2 Å². The van der Waals surface area contributed by atoms with E-state index in [1.807, 2.05) is 6.92 Å². The maximum absolute atomic E-state index is 14.5. The quantitative estimate of drug-likeness (QED) is 0.395. The summed E-state index contributed by atoms with van der Waals surface area (Å²) in [5.41, 5.74) is -2.38. The first-order valence-corrected chi connectivity index (χ1v) is 13.2. The fourth-order valence-electron chi connectivity index (χ4n) is 8.02. The molecule has 206 valence electrons. The topological polar surface area (TPSA) is 123 Å². The zero-order chi connectivity index (χ0) is 27.9. The number of aliphatic hydroxyl groups is 3. The van der Waals surface area contributed by atoms with Crippen LogP contribution >= 0.6 is 0 Å². The summed E-state index contributed by atoms with van der Waals surface area (Å²) in [5, 5.41) is 34.5. The molecule has 0 radical (unpaired) electrons. The Morgan fingerprint density at radius 1 is 1.16 bits per heavy atom. The molecule has 0 saturated heterocycles. The molecule has 2 saturated carbocycles. The van der Waals surface area contributed by atoms with Crippen LogP contribution in [0.2, 0.25) is 0 Å². The number of Topliss-reactive ketones (excluding diaryl/α,β-unsaturated/α-hetero) is 1. The Hall–Kier alpha value is -2.68. The number of hydrogen-bond donors (Lipinski definition) is 3. The average Bonchev–Trinajstić information content (AvgIpc) is 3.36. The van der Waals surface area contributed by atoms with Crippen LogP contribution in [0.5, 0.6) is 11.5 Å². The molecule has 5 rings (SSSR count). The zero-order valence-electron chi connectivity index (χ0n) is 23.1. The van der Waals surface area contributed by atoms with Gasteiger partial charge in [0.05, 0.1) is 26.2 Å². The third-order valence-electron chi connectivity index (χ3n) is 10.1. The fraction of sp³-hybridized carbons (Fsp3) is 0.600. The van der Waals surface area contributed by atoms with Crippen molar-refractivity contribution in [2.75, 3.05) is 20.8 Å². The molecule has 8 atom stereocenters. The van der Waals surface area contributed by atoms with Gasteiger partial charge in [-0.1, -0.05) is 32.9 Å². The number of carbonyl (C=O) groups excluding carboxylic acids is 2. The van der Waals surface area contributed by atoms with Crippen LogP contribution in [-0.4, -0.2) is 65.7 Å². The lowest BCUT2D eigenvalue weighted by atomic mass is 9.59. The van der Waals surface area contributed by atoms with Gasteiger partial charge in [-0.2, -0.15) is 0 Å². The Kier molecular flexibility index (Phi) is 6.13. The molecule has 4 aliphatic carbocycles. The summed E-state index contributed by atoms with van der Waals surface area (Å²) in [4.78, 5) is 28.1. The average molecular weight is 527 g/mol. The van der Waals surface area contributed by atoms with Crippen molar-refractivity contribution in [1.29, 1.82) is 0 Å². The minimum Gasteiger partial charge on any atom is -0.497 e. The molecule has 2 bridgehead atoms. The molecule has 0 aromatic heterocycles. The molecule has 3 N–H and O–H groups in total. The summed E-state index contributed by atoms with van der Waals surface area (Å²) in [6, 6.07) is 3.25. The van der Waals surface area contributed by atoms with E-state index in [-0.39, 0.29) is 45.8 Å². The largest absolute Gasteiger partial charge is 0.497 e. The number of methoxy groups -OCH3 is 2. The van der Waals surface area contributed by atoms with Gasteiger partial charge in [0.15, 0.2) is 17.5 Å². The molecule has 0 heterocycles. The zero-order valence-corrected chi connectivity index (χ0v) is 23.1. The standard InChI is InChI=1S/C30H38O8/c1-14-8-18(36-6)11-21(37-7)22(14)27(34)38-26-15(2)12-29-16(3)9-20-23(28(20,4)5)19(25(29)33)10-17(13-31)24(32)30(26,29)35/h8,10-12,16,19-20,23-24,26,31-32,35H,9,13H2,1-7H3/t16-,19?,20-,23+,24?,26?,29?,30?/m1/s1. The van der Waals surface area contributed by atoms with Crippen molar-refractivity contribution in [3.8, 4) is 11.5 Å². The van der Waals surface area contributed by atoms with Crippen molar-refractivity contribution in [3.05, 3.63) is 46.6 Å². The number of allylic oxidation sites excluding steroid dienone is 1. The van der Waals surface area contributed by atoms with E-state index in [1.54, 1.807) is 38.1 Å². The first-order valence-electron chi connectivity index (χ1n) is 13.2. The van der Waals surface area contributed by atoms with Crippen LogP contribution in [0.15, 0.2) is 35.4 Å². The highest BCUT2D eigenvalue weighted by molar-refractivity contribution is 5.97.